The summed E-state index contributed by atoms with van der Waals surface area (Å²) in [6.45, 7) is 7.92. The van der Waals surface area contributed by atoms with Gasteiger partial charge in [-0.1, -0.05) is 0 Å². The van der Waals surface area contributed by atoms with Gasteiger partial charge in [-0.3, -0.25) is 4.79 Å². The van der Waals surface area contributed by atoms with Gasteiger partial charge in [0.15, 0.2) is 17.3 Å². The molecule has 0 spiro atoms. The Bertz CT molecular complexity index is 727. The van der Waals surface area contributed by atoms with Crippen LogP contribution in [0.2, 0.25) is 0 Å². The van der Waals surface area contributed by atoms with Crippen molar-refractivity contribution in [2.45, 2.75) is 33.3 Å². The first kappa shape index (κ1) is 17.7. The van der Waals surface area contributed by atoms with Gasteiger partial charge < -0.3 is 19.7 Å². The van der Waals surface area contributed by atoms with Gasteiger partial charge in [0.2, 0.25) is 5.75 Å². The highest BCUT2D eigenvalue weighted by Gasteiger charge is 2.20. The van der Waals surface area contributed by atoms with Crippen LogP contribution in [0, 0.1) is 0 Å². The van der Waals surface area contributed by atoms with Gasteiger partial charge in [-0.15, -0.1) is 0 Å². The predicted octanol–water partition coefficient (Wildman–Crippen LogP) is 3.90. The molecule has 0 aliphatic heterocycles. The fraction of sp³-hybridized carbons (Fsp3) is 0.316. The third-order valence-corrected chi connectivity index (χ3v) is 3.20. The largest absolute Gasteiger partial charge is 0.504 e. The Morgan fingerprint density at radius 3 is 2.17 bits per heavy atom. The maximum atomic E-state index is 12.5. The van der Waals surface area contributed by atoms with Crippen LogP contribution < -0.4 is 9.47 Å². The molecule has 2 rings (SSSR count). The van der Waals surface area contributed by atoms with E-state index in [1.807, 2.05) is 20.8 Å². The zero-order valence-corrected chi connectivity index (χ0v) is 14.3. The molecular weight excluding hydrogens is 308 g/mol. The summed E-state index contributed by atoms with van der Waals surface area (Å²) >= 11 is 0. The highest BCUT2D eigenvalue weighted by atomic mass is 16.5. The number of ketones is 1. The Morgan fingerprint density at radius 2 is 1.62 bits per heavy atom. The summed E-state index contributed by atoms with van der Waals surface area (Å²) in [4.78, 5) is 12.5. The molecule has 128 valence electrons. The first-order valence-electron chi connectivity index (χ1n) is 7.74. The molecule has 0 amide bonds. The number of phenolic OH excluding ortho intramolecular Hbond substituents is 2. The van der Waals surface area contributed by atoms with Gasteiger partial charge in [0, 0.05) is 5.56 Å². The van der Waals surface area contributed by atoms with Crippen molar-refractivity contribution < 1.29 is 24.5 Å². The molecule has 2 aromatic carbocycles. The van der Waals surface area contributed by atoms with Crippen molar-refractivity contribution in [3.8, 4) is 23.0 Å². The number of phenols is 2. The zero-order chi connectivity index (χ0) is 17.9. The van der Waals surface area contributed by atoms with Crippen molar-refractivity contribution in [2.75, 3.05) is 6.61 Å². The Hall–Kier alpha value is -2.69. The molecule has 0 bridgehead atoms. The van der Waals surface area contributed by atoms with E-state index >= 15 is 0 Å². The Balaban J connectivity index is 2.27. The van der Waals surface area contributed by atoms with Crippen molar-refractivity contribution in [3.63, 3.8) is 0 Å². The van der Waals surface area contributed by atoms with E-state index in [1.165, 1.54) is 12.1 Å². The van der Waals surface area contributed by atoms with Gasteiger partial charge in [-0.2, -0.15) is 0 Å². The molecule has 24 heavy (non-hydrogen) atoms. The summed E-state index contributed by atoms with van der Waals surface area (Å²) in [5.74, 6) is -0.525. The van der Waals surface area contributed by atoms with Crippen LogP contribution in [0.4, 0.5) is 0 Å². The molecule has 0 aromatic heterocycles. The lowest BCUT2D eigenvalue weighted by Gasteiger charge is -2.21. The number of rotatable bonds is 5. The maximum Gasteiger partial charge on any atom is 0.201 e. The molecule has 0 aliphatic rings. The van der Waals surface area contributed by atoms with Gasteiger partial charge >= 0.3 is 0 Å². The molecule has 0 aliphatic carbocycles. The van der Waals surface area contributed by atoms with Crippen molar-refractivity contribution in [2.24, 2.45) is 0 Å². The highest BCUT2D eigenvalue weighted by Crippen LogP contribution is 2.39. The minimum Gasteiger partial charge on any atom is -0.504 e. The van der Waals surface area contributed by atoms with E-state index < -0.39 is 17.3 Å². The first-order chi connectivity index (χ1) is 11.2. The van der Waals surface area contributed by atoms with E-state index in [-0.39, 0.29) is 16.9 Å². The molecule has 0 unspecified atom stereocenters. The van der Waals surface area contributed by atoms with Crippen molar-refractivity contribution in [1.82, 2.24) is 0 Å². The molecule has 0 atom stereocenters. The number of ether oxygens (including phenoxy) is 2. The monoisotopic (exact) mass is 330 g/mol. The number of carbonyl (C=O) groups excluding carboxylic acids is 1. The summed E-state index contributed by atoms with van der Waals surface area (Å²) in [7, 11) is 0. The molecule has 0 saturated carbocycles. The second-order valence-corrected chi connectivity index (χ2v) is 6.31. The fourth-order valence-electron chi connectivity index (χ4n) is 2.20. The molecule has 0 heterocycles. The van der Waals surface area contributed by atoms with Crippen LogP contribution in [0.1, 0.15) is 43.6 Å². The van der Waals surface area contributed by atoms with Gasteiger partial charge in [-0.25, -0.2) is 0 Å². The molecule has 0 radical (unpaired) electrons. The van der Waals surface area contributed by atoms with Gasteiger partial charge in [-0.05, 0) is 64.1 Å². The topological polar surface area (TPSA) is 76.0 Å². The Morgan fingerprint density at radius 1 is 1.00 bits per heavy atom. The van der Waals surface area contributed by atoms with E-state index in [4.69, 9.17) is 9.47 Å². The molecule has 2 aromatic rings. The van der Waals surface area contributed by atoms with Crippen LogP contribution in [0.25, 0.3) is 0 Å². The highest BCUT2D eigenvalue weighted by molar-refractivity contribution is 6.11. The lowest BCUT2D eigenvalue weighted by Crippen LogP contribution is -2.22. The van der Waals surface area contributed by atoms with Gasteiger partial charge in [0.05, 0.1) is 12.2 Å². The summed E-state index contributed by atoms with van der Waals surface area (Å²) in [5.41, 5.74) is 0.0700. The first-order valence-corrected chi connectivity index (χ1v) is 7.74. The lowest BCUT2D eigenvalue weighted by atomic mass is 10.0. The van der Waals surface area contributed by atoms with Crippen molar-refractivity contribution in [1.29, 1.82) is 0 Å². The molecule has 5 heteroatoms. The molecular formula is C19H22O5. The molecule has 0 saturated heterocycles. The molecule has 5 nitrogen and oxygen atoms in total. The second kappa shape index (κ2) is 6.83. The minimum absolute atomic E-state index is 0.0143. The van der Waals surface area contributed by atoms with Crippen LogP contribution in [-0.2, 0) is 0 Å². The van der Waals surface area contributed by atoms with Crippen molar-refractivity contribution >= 4 is 5.78 Å². The Labute approximate surface area is 141 Å². The van der Waals surface area contributed by atoms with E-state index in [0.29, 0.717) is 17.9 Å². The number of benzene rings is 2. The van der Waals surface area contributed by atoms with Crippen LogP contribution in [0.3, 0.4) is 0 Å². The van der Waals surface area contributed by atoms with Crippen LogP contribution in [0.5, 0.6) is 23.0 Å². The van der Waals surface area contributed by atoms with Crippen LogP contribution in [0.15, 0.2) is 36.4 Å². The zero-order valence-electron chi connectivity index (χ0n) is 14.3. The third-order valence-electron chi connectivity index (χ3n) is 3.20. The van der Waals surface area contributed by atoms with E-state index in [1.54, 1.807) is 31.2 Å². The number of hydrogen-bond donors (Lipinski definition) is 2. The SMILES string of the molecule is CCOc1ccc(C(=O)c2ccc(OC(C)(C)C)cc2)c(O)c1O. The summed E-state index contributed by atoms with van der Waals surface area (Å²) < 4.78 is 10.9. The van der Waals surface area contributed by atoms with Gasteiger partial charge in [0.25, 0.3) is 0 Å². The standard InChI is InChI=1S/C19H22O5/c1-5-23-15-11-10-14(17(21)18(15)22)16(20)12-6-8-13(9-7-12)24-19(2,3)4/h6-11,21-22H,5H2,1-4H3. The normalized spacial score (nSPS) is 11.2. The lowest BCUT2D eigenvalue weighted by molar-refractivity contribution is 0.103. The summed E-state index contributed by atoms with van der Waals surface area (Å²) in [6.07, 6.45) is 0. The Kier molecular flexibility index (Phi) is 5.02. The number of hydrogen-bond acceptors (Lipinski definition) is 5. The van der Waals surface area contributed by atoms with Crippen LogP contribution in [-0.4, -0.2) is 28.2 Å². The van der Waals surface area contributed by atoms with E-state index in [0.717, 1.165) is 0 Å². The fourth-order valence-corrected chi connectivity index (χ4v) is 2.20. The average molecular weight is 330 g/mol. The smallest absolute Gasteiger partial charge is 0.201 e. The number of carbonyl (C=O) groups is 1. The quantitative estimate of drug-likeness (QED) is 0.642. The number of aromatic hydroxyl groups is 2. The third kappa shape index (κ3) is 3.98. The maximum absolute atomic E-state index is 12.5. The van der Waals surface area contributed by atoms with E-state index in [2.05, 4.69) is 0 Å². The van der Waals surface area contributed by atoms with Gasteiger partial charge in [0.1, 0.15) is 11.4 Å². The molecule has 2 N–H and O–H groups in total. The summed E-state index contributed by atoms with van der Waals surface area (Å²) in [5, 5.41) is 20.0. The second-order valence-electron chi connectivity index (χ2n) is 6.31. The van der Waals surface area contributed by atoms with Crippen molar-refractivity contribution in [3.05, 3.63) is 47.5 Å². The summed E-state index contributed by atoms with van der Waals surface area (Å²) in [6, 6.07) is 9.53. The predicted molar refractivity (Wildman–Crippen MR) is 91.2 cm³/mol. The molecule has 0 fully saturated rings. The van der Waals surface area contributed by atoms with E-state index in [9.17, 15) is 15.0 Å². The minimum atomic E-state index is -0.485. The average Bonchev–Trinajstić information content (AvgIpc) is 2.51. The van der Waals surface area contributed by atoms with Crippen LogP contribution >= 0.6 is 0 Å².